The predicted molar refractivity (Wildman–Crippen MR) is 74.8 cm³/mol. The molecule has 1 aromatic heterocycles. The van der Waals surface area contributed by atoms with Crippen LogP contribution in [0.3, 0.4) is 0 Å². The first-order valence-corrected chi connectivity index (χ1v) is 6.54. The van der Waals surface area contributed by atoms with Gasteiger partial charge in [0.05, 0.1) is 6.42 Å². The third-order valence-corrected chi connectivity index (χ3v) is 2.83. The van der Waals surface area contributed by atoms with Crippen LogP contribution in [0, 0.1) is 0 Å². The molecule has 114 valence electrons. The highest BCUT2D eigenvalue weighted by molar-refractivity contribution is 5.51. The largest absolute Gasteiger partial charge is 0.390 e. The van der Waals surface area contributed by atoms with Crippen molar-refractivity contribution in [2.45, 2.75) is 45.5 Å². The molecule has 20 heavy (non-hydrogen) atoms. The molecule has 0 atom stereocenters. The molecule has 3 nitrogen and oxygen atoms in total. The molecular formula is C14H22F3N3. The molecule has 0 aliphatic carbocycles. The van der Waals surface area contributed by atoms with Crippen molar-refractivity contribution in [3.8, 4) is 0 Å². The van der Waals surface area contributed by atoms with Gasteiger partial charge in [0.25, 0.3) is 0 Å². The fourth-order valence-electron chi connectivity index (χ4n) is 1.70. The molecule has 1 rings (SSSR count). The number of aromatic nitrogens is 1. The van der Waals surface area contributed by atoms with Crippen molar-refractivity contribution >= 4 is 5.69 Å². The molecule has 0 unspecified atom stereocenters. The number of hydrogen-bond donors (Lipinski definition) is 1. The molecule has 1 heterocycles. The number of nitrogens with zero attached hydrogens (tertiary/aromatic N) is 2. The fourth-order valence-corrected chi connectivity index (χ4v) is 1.70. The van der Waals surface area contributed by atoms with Gasteiger partial charge in [-0.3, -0.25) is 4.98 Å². The minimum atomic E-state index is -4.13. The van der Waals surface area contributed by atoms with Crippen LogP contribution >= 0.6 is 0 Å². The SMILES string of the molecule is CN(CCC(F)(F)F)c1ccncc1CNC(C)(C)C. The second-order valence-corrected chi connectivity index (χ2v) is 5.89. The first kappa shape index (κ1) is 16.8. The number of halogens is 3. The van der Waals surface area contributed by atoms with Gasteiger partial charge in [0.2, 0.25) is 0 Å². The third kappa shape index (κ3) is 6.23. The average molecular weight is 289 g/mol. The second-order valence-electron chi connectivity index (χ2n) is 5.89. The predicted octanol–water partition coefficient (Wildman–Crippen LogP) is 3.36. The van der Waals surface area contributed by atoms with Crippen LogP contribution in [0.4, 0.5) is 18.9 Å². The quantitative estimate of drug-likeness (QED) is 0.901. The Morgan fingerprint density at radius 3 is 2.45 bits per heavy atom. The standard InChI is InChI=1S/C14H22F3N3/c1-13(2,3)19-10-11-9-18-7-5-12(11)20(4)8-6-14(15,16)17/h5,7,9,19H,6,8,10H2,1-4H3. The Morgan fingerprint density at radius 1 is 1.25 bits per heavy atom. The number of pyridine rings is 1. The summed E-state index contributed by atoms with van der Waals surface area (Å²) in [5.74, 6) is 0. The maximum atomic E-state index is 12.3. The van der Waals surface area contributed by atoms with E-state index in [1.54, 1.807) is 30.4 Å². The number of nitrogens with one attached hydrogen (secondary N) is 1. The smallest absolute Gasteiger partial charge is 0.374 e. The summed E-state index contributed by atoms with van der Waals surface area (Å²) in [5, 5.41) is 3.32. The lowest BCUT2D eigenvalue weighted by Gasteiger charge is -2.25. The summed E-state index contributed by atoms with van der Waals surface area (Å²) < 4.78 is 36.9. The molecule has 0 bridgehead atoms. The third-order valence-electron chi connectivity index (χ3n) is 2.83. The average Bonchev–Trinajstić information content (AvgIpc) is 2.32. The summed E-state index contributed by atoms with van der Waals surface area (Å²) in [6.07, 6.45) is -1.67. The summed E-state index contributed by atoms with van der Waals surface area (Å²) in [7, 11) is 1.67. The zero-order valence-corrected chi connectivity index (χ0v) is 12.4. The van der Waals surface area contributed by atoms with E-state index in [-0.39, 0.29) is 12.1 Å². The maximum Gasteiger partial charge on any atom is 0.390 e. The number of alkyl halides is 3. The zero-order valence-electron chi connectivity index (χ0n) is 12.4. The van der Waals surface area contributed by atoms with E-state index in [2.05, 4.69) is 10.3 Å². The normalized spacial score (nSPS) is 12.6. The number of anilines is 1. The lowest BCUT2D eigenvalue weighted by molar-refractivity contribution is -0.132. The Balaban J connectivity index is 2.74. The van der Waals surface area contributed by atoms with Gasteiger partial charge in [-0.15, -0.1) is 0 Å². The highest BCUT2D eigenvalue weighted by atomic mass is 19.4. The molecule has 0 spiro atoms. The Kier molecular flexibility index (Phi) is 5.39. The first-order chi connectivity index (χ1) is 9.08. The summed E-state index contributed by atoms with van der Waals surface area (Å²) in [5.41, 5.74) is 1.62. The van der Waals surface area contributed by atoms with E-state index in [0.717, 1.165) is 11.3 Å². The van der Waals surface area contributed by atoms with Crippen molar-refractivity contribution in [1.82, 2.24) is 10.3 Å². The van der Waals surface area contributed by atoms with E-state index in [0.29, 0.717) is 6.54 Å². The van der Waals surface area contributed by atoms with E-state index in [1.807, 2.05) is 20.8 Å². The molecule has 0 fully saturated rings. The molecule has 0 amide bonds. The Morgan fingerprint density at radius 2 is 1.90 bits per heavy atom. The molecule has 0 aromatic carbocycles. The summed E-state index contributed by atoms with van der Waals surface area (Å²) in [4.78, 5) is 5.67. The van der Waals surface area contributed by atoms with Gasteiger partial charge in [-0.25, -0.2) is 0 Å². The molecule has 0 aliphatic rings. The summed E-state index contributed by atoms with van der Waals surface area (Å²) in [6, 6.07) is 1.75. The van der Waals surface area contributed by atoms with Crippen LogP contribution in [0.2, 0.25) is 0 Å². The van der Waals surface area contributed by atoms with Crippen LogP contribution in [0.25, 0.3) is 0 Å². The maximum absolute atomic E-state index is 12.3. The molecule has 1 N–H and O–H groups in total. The van der Waals surface area contributed by atoms with Crippen LogP contribution in [-0.2, 0) is 6.54 Å². The summed E-state index contributed by atoms with van der Waals surface area (Å²) >= 11 is 0. The van der Waals surface area contributed by atoms with E-state index < -0.39 is 12.6 Å². The van der Waals surface area contributed by atoms with Gasteiger partial charge in [0.15, 0.2) is 0 Å². The molecule has 6 heteroatoms. The van der Waals surface area contributed by atoms with Crippen molar-refractivity contribution in [2.75, 3.05) is 18.5 Å². The van der Waals surface area contributed by atoms with Crippen LogP contribution in [0.5, 0.6) is 0 Å². The fraction of sp³-hybridized carbons (Fsp3) is 0.643. The van der Waals surface area contributed by atoms with E-state index >= 15 is 0 Å². The van der Waals surface area contributed by atoms with E-state index in [1.165, 1.54) is 0 Å². The monoisotopic (exact) mass is 289 g/mol. The second kappa shape index (κ2) is 6.43. The van der Waals surface area contributed by atoms with E-state index in [9.17, 15) is 13.2 Å². The van der Waals surface area contributed by atoms with Gasteiger partial charge < -0.3 is 10.2 Å². The van der Waals surface area contributed by atoms with Crippen molar-refractivity contribution in [2.24, 2.45) is 0 Å². The minimum Gasteiger partial charge on any atom is -0.374 e. The Bertz CT molecular complexity index is 424. The Labute approximate surface area is 118 Å². The topological polar surface area (TPSA) is 28.2 Å². The molecule has 0 radical (unpaired) electrons. The van der Waals surface area contributed by atoms with Crippen LogP contribution in [-0.4, -0.2) is 30.3 Å². The minimum absolute atomic E-state index is 0.0579. The molecule has 0 saturated carbocycles. The number of rotatable bonds is 5. The van der Waals surface area contributed by atoms with Gasteiger partial charge >= 0.3 is 6.18 Å². The lowest BCUT2D eigenvalue weighted by Crippen LogP contribution is -2.35. The van der Waals surface area contributed by atoms with Crippen molar-refractivity contribution in [3.63, 3.8) is 0 Å². The van der Waals surface area contributed by atoms with Crippen molar-refractivity contribution < 1.29 is 13.2 Å². The highest BCUT2D eigenvalue weighted by Gasteiger charge is 2.27. The van der Waals surface area contributed by atoms with Gasteiger partial charge in [0, 0.05) is 49.3 Å². The molecule has 0 saturated heterocycles. The summed E-state index contributed by atoms with van der Waals surface area (Å²) in [6.45, 7) is 6.63. The van der Waals surface area contributed by atoms with Crippen LogP contribution in [0.15, 0.2) is 18.5 Å². The van der Waals surface area contributed by atoms with Crippen molar-refractivity contribution in [3.05, 3.63) is 24.0 Å². The van der Waals surface area contributed by atoms with Crippen LogP contribution in [0.1, 0.15) is 32.8 Å². The molecule has 0 aliphatic heterocycles. The van der Waals surface area contributed by atoms with Gasteiger partial charge in [-0.2, -0.15) is 13.2 Å². The van der Waals surface area contributed by atoms with Gasteiger partial charge in [0.1, 0.15) is 0 Å². The Hall–Kier alpha value is -1.30. The molecule has 1 aromatic rings. The first-order valence-electron chi connectivity index (χ1n) is 6.54. The van der Waals surface area contributed by atoms with Crippen molar-refractivity contribution in [1.29, 1.82) is 0 Å². The van der Waals surface area contributed by atoms with Gasteiger partial charge in [-0.05, 0) is 26.8 Å². The number of hydrogen-bond acceptors (Lipinski definition) is 3. The van der Waals surface area contributed by atoms with E-state index in [4.69, 9.17) is 0 Å². The van der Waals surface area contributed by atoms with Crippen LogP contribution < -0.4 is 10.2 Å². The highest BCUT2D eigenvalue weighted by Crippen LogP contribution is 2.23. The lowest BCUT2D eigenvalue weighted by atomic mass is 10.1. The molecular weight excluding hydrogens is 267 g/mol. The zero-order chi connectivity index (χ0) is 15.4. The van der Waals surface area contributed by atoms with Gasteiger partial charge in [-0.1, -0.05) is 0 Å².